The van der Waals surface area contributed by atoms with Gasteiger partial charge >= 0.3 is 5.97 Å². The molecule has 0 radical (unpaired) electrons. The van der Waals surface area contributed by atoms with Crippen molar-refractivity contribution in [1.29, 1.82) is 0 Å². The lowest BCUT2D eigenvalue weighted by Crippen LogP contribution is -2.41. The van der Waals surface area contributed by atoms with Crippen molar-refractivity contribution in [3.63, 3.8) is 0 Å². The highest BCUT2D eigenvalue weighted by Gasteiger charge is 2.30. The number of nitrogens with one attached hydrogen (secondary N) is 1. The SMILES string of the molecule is COc1ccc2c(c1)CCc1c(C(=O)N[C@@H](CCCO)C(=O)O)noc1-2. The molecule has 1 heterocycles. The van der Waals surface area contributed by atoms with E-state index in [0.717, 1.165) is 16.9 Å². The van der Waals surface area contributed by atoms with Gasteiger partial charge in [-0.15, -0.1) is 0 Å². The van der Waals surface area contributed by atoms with Crippen molar-refractivity contribution in [2.75, 3.05) is 13.7 Å². The molecule has 2 aromatic rings. The van der Waals surface area contributed by atoms with Crippen molar-refractivity contribution in [1.82, 2.24) is 10.5 Å². The summed E-state index contributed by atoms with van der Waals surface area (Å²) in [5, 5.41) is 24.4. The molecule has 1 aromatic carbocycles. The largest absolute Gasteiger partial charge is 0.497 e. The van der Waals surface area contributed by atoms with Crippen molar-refractivity contribution >= 4 is 11.9 Å². The molecule has 1 aromatic heterocycles. The summed E-state index contributed by atoms with van der Waals surface area (Å²) in [5.74, 6) is -0.460. The van der Waals surface area contributed by atoms with Crippen LogP contribution in [0.25, 0.3) is 11.3 Å². The van der Waals surface area contributed by atoms with Crippen LogP contribution in [0, 0.1) is 0 Å². The van der Waals surface area contributed by atoms with Gasteiger partial charge in [-0.1, -0.05) is 5.16 Å². The molecule has 3 rings (SSSR count). The number of carboxylic acid groups (broad SMARTS) is 1. The zero-order chi connectivity index (χ0) is 18.7. The Morgan fingerprint density at radius 3 is 2.88 bits per heavy atom. The van der Waals surface area contributed by atoms with E-state index in [4.69, 9.17) is 14.4 Å². The number of hydrogen-bond acceptors (Lipinski definition) is 6. The van der Waals surface area contributed by atoms with E-state index in [2.05, 4.69) is 10.5 Å². The van der Waals surface area contributed by atoms with Crippen LogP contribution in [0.15, 0.2) is 22.7 Å². The molecule has 0 aliphatic heterocycles. The summed E-state index contributed by atoms with van der Waals surface area (Å²) in [7, 11) is 1.60. The lowest BCUT2D eigenvalue weighted by atomic mass is 9.89. The highest BCUT2D eigenvalue weighted by molar-refractivity contribution is 5.97. The molecule has 0 unspecified atom stereocenters. The first-order chi connectivity index (χ1) is 12.5. The van der Waals surface area contributed by atoms with Crippen molar-refractivity contribution < 1.29 is 29.1 Å². The fraction of sp³-hybridized carbons (Fsp3) is 0.389. The molecule has 1 amide bonds. The van der Waals surface area contributed by atoms with Crippen molar-refractivity contribution in [2.45, 2.75) is 31.7 Å². The number of carbonyl (C=O) groups excluding carboxylic acids is 1. The molecular formula is C18H20N2O6. The Morgan fingerprint density at radius 2 is 2.19 bits per heavy atom. The Hall–Kier alpha value is -2.87. The number of amides is 1. The van der Waals surface area contributed by atoms with Gasteiger partial charge in [-0.05, 0) is 49.4 Å². The van der Waals surface area contributed by atoms with Gasteiger partial charge in [0.2, 0.25) is 0 Å². The molecule has 1 atom stereocenters. The fourth-order valence-corrected chi connectivity index (χ4v) is 3.10. The second kappa shape index (κ2) is 7.57. The van der Waals surface area contributed by atoms with E-state index in [9.17, 15) is 14.7 Å². The van der Waals surface area contributed by atoms with Gasteiger partial charge < -0.3 is 24.8 Å². The highest BCUT2D eigenvalue weighted by Crippen LogP contribution is 2.37. The standard InChI is InChI=1S/C18H20N2O6/c1-25-11-5-7-12-10(9-11)4-6-13-15(20-26-16(12)13)17(22)19-14(18(23)24)3-2-8-21/h5,7,9,14,21H,2-4,6,8H2,1H3,(H,19,22)(H,23,24)/t14-/m0/s1. The Labute approximate surface area is 149 Å². The van der Waals surface area contributed by atoms with Crippen LogP contribution in [0.5, 0.6) is 5.75 Å². The number of methoxy groups -OCH3 is 1. The van der Waals surface area contributed by atoms with Crippen LogP contribution in [0.3, 0.4) is 0 Å². The van der Waals surface area contributed by atoms with Crippen molar-refractivity contribution in [2.24, 2.45) is 0 Å². The predicted molar refractivity (Wildman–Crippen MR) is 91.1 cm³/mol. The van der Waals surface area contributed by atoms with Crippen LogP contribution in [-0.4, -0.2) is 47.0 Å². The van der Waals surface area contributed by atoms with Gasteiger partial charge in [-0.2, -0.15) is 0 Å². The molecule has 138 valence electrons. The number of aliphatic carboxylic acids is 1. The topological polar surface area (TPSA) is 122 Å². The van der Waals surface area contributed by atoms with E-state index < -0.39 is 17.9 Å². The van der Waals surface area contributed by atoms with Crippen LogP contribution in [0.1, 0.15) is 34.5 Å². The van der Waals surface area contributed by atoms with Crippen LogP contribution < -0.4 is 10.1 Å². The smallest absolute Gasteiger partial charge is 0.326 e. The third-order valence-electron chi connectivity index (χ3n) is 4.46. The number of fused-ring (bicyclic) bond motifs is 3. The number of carboxylic acids is 1. The minimum atomic E-state index is -1.15. The highest BCUT2D eigenvalue weighted by atomic mass is 16.5. The van der Waals surface area contributed by atoms with Crippen molar-refractivity contribution in [3.05, 3.63) is 35.0 Å². The maximum atomic E-state index is 12.5. The van der Waals surface area contributed by atoms with E-state index in [1.54, 1.807) is 7.11 Å². The summed E-state index contributed by atoms with van der Waals surface area (Å²) in [6.45, 7) is -0.140. The molecule has 0 saturated heterocycles. The lowest BCUT2D eigenvalue weighted by Gasteiger charge is -2.16. The Balaban J connectivity index is 1.84. The van der Waals surface area contributed by atoms with Gasteiger partial charge in [0.15, 0.2) is 11.5 Å². The van der Waals surface area contributed by atoms with Crippen LogP contribution in [-0.2, 0) is 17.6 Å². The molecule has 3 N–H and O–H groups in total. The normalized spacial score (nSPS) is 13.5. The summed E-state index contributed by atoms with van der Waals surface area (Å²) in [4.78, 5) is 23.8. The van der Waals surface area contributed by atoms with Crippen LogP contribution in [0.2, 0.25) is 0 Å². The molecule has 0 fully saturated rings. The number of aliphatic hydroxyl groups is 1. The summed E-state index contributed by atoms with van der Waals surface area (Å²) in [6, 6.07) is 4.52. The van der Waals surface area contributed by atoms with E-state index in [1.807, 2.05) is 18.2 Å². The second-order valence-electron chi connectivity index (χ2n) is 6.09. The molecular weight excluding hydrogens is 340 g/mol. The molecule has 26 heavy (non-hydrogen) atoms. The second-order valence-corrected chi connectivity index (χ2v) is 6.09. The third-order valence-corrected chi connectivity index (χ3v) is 4.46. The van der Waals surface area contributed by atoms with Gasteiger partial charge in [-0.25, -0.2) is 4.79 Å². The summed E-state index contributed by atoms with van der Waals surface area (Å²) in [5.41, 5.74) is 2.68. The molecule has 8 nitrogen and oxygen atoms in total. The fourth-order valence-electron chi connectivity index (χ4n) is 3.10. The minimum absolute atomic E-state index is 0.108. The number of benzene rings is 1. The van der Waals surface area contributed by atoms with Crippen LogP contribution in [0.4, 0.5) is 0 Å². The number of nitrogens with zero attached hydrogens (tertiary/aromatic N) is 1. The molecule has 0 bridgehead atoms. The zero-order valence-corrected chi connectivity index (χ0v) is 14.3. The maximum Gasteiger partial charge on any atom is 0.326 e. The first-order valence-electron chi connectivity index (χ1n) is 8.35. The van der Waals surface area contributed by atoms with Gasteiger partial charge in [0.25, 0.3) is 5.91 Å². The Kier molecular flexibility index (Phi) is 5.22. The third kappa shape index (κ3) is 3.41. The summed E-state index contributed by atoms with van der Waals surface area (Å²) >= 11 is 0. The number of rotatable bonds is 7. The number of aryl methyl sites for hydroxylation is 1. The number of hydrogen-bond donors (Lipinski definition) is 3. The molecule has 1 aliphatic rings. The average molecular weight is 360 g/mol. The quantitative estimate of drug-likeness (QED) is 0.682. The van der Waals surface area contributed by atoms with E-state index in [0.29, 0.717) is 24.2 Å². The Morgan fingerprint density at radius 1 is 1.38 bits per heavy atom. The van der Waals surface area contributed by atoms with E-state index in [-0.39, 0.29) is 25.1 Å². The number of carbonyl (C=O) groups is 2. The van der Waals surface area contributed by atoms with E-state index >= 15 is 0 Å². The first kappa shape index (κ1) is 17.9. The molecule has 0 spiro atoms. The predicted octanol–water partition coefficient (Wildman–Crippen LogP) is 1.40. The molecule has 0 saturated carbocycles. The van der Waals surface area contributed by atoms with Crippen molar-refractivity contribution in [3.8, 4) is 17.1 Å². The zero-order valence-electron chi connectivity index (χ0n) is 14.3. The molecule has 1 aliphatic carbocycles. The van der Waals surface area contributed by atoms with E-state index in [1.165, 1.54) is 0 Å². The first-order valence-corrected chi connectivity index (χ1v) is 8.35. The lowest BCUT2D eigenvalue weighted by molar-refractivity contribution is -0.139. The average Bonchev–Trinajstić information content (AvgIpc) is 3.08. The summed E-state index contributed by atoms with van der Waals surface area (Å²) in [6.07, 6.45) is 1.69. The van der Waals surface area contributed by atoms with Gasteiger partial charge in [-0.3, -0.25) is 4.79 Å². The Bertz CT molecular complexity index is 829. The number of ether oxygens (including phenoxy) is 1. The number of aliphatic hydroxyl groups excluding tert-OH is 1. The summed E-state index contributed by atoms with van der Waals surface area (Å²) < 4.78 is 10.6. The molecule has 8 heteroatoms. The van der Waals surface area contributed by atoms with Gasteiger partial charge in [0, 0.05) is 17.7 Å². The van der Waals surface area contributed by atoms with Gasteiger partial charge in [0.05, 0.1) is 7.11 Å². The minimum Gasteiger partial charge on any atom is -0.497 e. The van der Waals surface area contributed by atoms with Crippen LogP contribution >= 0.6 is 0 Å². The monoisotopic (exact) mass is 360 g/mol. The maximum absolute atomic E-state index is 12.5. The van der Waals surface area contributed by atoms with Gasteiger partial charge in [0.1, 0.15) is 11.8 Å². The number of aromatic nitrogens is 1.